The van der Waals surface area contributed by atoms with Crippen LogP contribution in [0.4, 0.5) is 0 Å². The molecule has 2 atom stereocenters. The maximum Gasteiger partial charge on any atom is 0.254 e. The fourth-order valence-electron chi connectivity index (χ4n) is 2.65. The van der Waals surface area contributed by atoms with Crippen LogP contribution >= 0.6 is 35.0 Å². The molecule has 106 valence electrons. The number of carbonyl (C=O) groups is 1. The third kappa shape index (κ3) is 3.83. The van der Waals surface area contributed by atoms with Crippen molar-refractivity contribution in [1.29, 1.82) is 0 Å². The monoisotopic (exact) mass is 394 g/mol. The minimum Gasteiger partial charge on any atom is -0.334 e. The first kappa shape index (κ1) is 16.7. The van der Waals surface area contributed by atoms with Gasteiger partial charge in [0.15, 0.2) is 0 Å². The van der Waals surface area contributed by atoms with Crippen LogP contribution in [0.2, 0.25) is 0 Å². The highest BCUT2D eigenvalue weighted by Crippen LogP contribution is 2.24. The largest absolute Gasteiger partial charge is 0.334 e. The van der Waals surface area contributed by atoms with Crippen LogP contribution in [0, 0.1) is 9.49 Å². The molecule has 0 saturated carbocycles. The highest BCUT2D eigenvalue weighted by molar-refractivity contribution is 14.1. The topological polar surface area (TPSA) is 46.3 Å². The van der Waals surface area contributed by atoms with Crippen molar-refractivity contribution in [1.82, 2.24) is 4.90 Å². The zero-order valence-corrected chi connectivity index (χ0v) is 14.0. The van der Waals surface area contributed by atoms with E-state index in [1.165, 1.54) is 0 Å². The summed E-state index contributed by atoms with van der Waals surface area (Å²) in [6.07, 6.45) is 2.24. The zero-order chi connectivity index (χ0) is 13.1. The smallest absolute Gasteiger partial charge is 0.254 e. The van der Waals surface area contributed by atoms with E-state index in [2.05, 4.69) is 29.5 Å². The number of hydrogen-bond acceptors (Lipinski definition) is 2. The van der Waals surface area contributed by atoms with Crippen LogP contribution in [0.5, 0.6) is 0 Å². The third-order valence-corrected chi connectivity index (χ3v) is 4.36. The number of likely N-dealkylation sites (tertiary alicyclic amines) is 1. The Bertz CT molecular complexity index is 441. The van der Waals surface area contributed by atoms with Crippen molar-refractivity contribution in [2.75, 3.05) is 13.1 Å². The molecule has 1 heterocycles. The molecule has 1 fully saturated rings. The number of benzene rings is 1. The van der Waals surface area contributed by atoms with Crippen LogP contribution in [-0.4, -0.2) is 29.9 Å². The van der Waals surface area contributed by atoms with Crippen LogP contribution in [0.25, 0.3) is 0 Å². The second-order valence-corrected chi connectivity index (χ2v) is 6.18. The third-order valence-electron chi connectivity index (χ3n) is 3.69. The molecule has 1 aliphatic heterocycles. The maximum absolute atomic E-state index is 12.5. The number of amides is 1. The van der Waals surface area contributed by atoms with Gasteiger partial charge in [0.2, 0.25) is 0 Å². The Kier molecular flexibility index (Phi) is 6.56. The molecule has 1 saturated heterocycles. The molecule has 5 heteroatoms. The highest BCUT2D eigenvalue weighted by atomic mass is 127. The van der Waals surface area contributed by atoms with Gasteiger partial charge in [-0.05, 0) is 59.5 Å². The molecule has 2 rings (SSSR count). The molecule has 0 aromatic heterocycles. The first-order valence-electron chi connectivity index (χ1n) is 6.40. The Hall–Kier alpha value is -0.330. The summed E-state index contributed by atoms with van der Waals surface area (Å²) in [6, 6.07) is 7.94. The SMILES string of the molecule is CC1CCCN(C(=O)c2cccc(I)c2)C1CN.Cl. The van der Waals surface area contributed by atoms with Crippen LogP contribution in [-0.2, 0) is 0 Å². The van der Waals surface area contributed by atoms with E-state index >= 15 is 0 Å². The van der Waals surface area contributed by atoms with Crippen LogP contribution in [0.3, 0.4) is 0 Å². The van der Waals surface area contributed by atoms with Gasteiger partial charge in [-0.2, -0.15) is 0 Å². The summed E-state index contributed by atoms with van der Waals surface area (Å²) in [6.45, 7) is 3.57. The summed E-state index contributed by atoms with van der Waals surface area (Å²) in [5, 5.41) is 0. The molecule has 0 bridgehead atoms. The molecule has 0 radical (unpaired) electrons. The maximum atomic E-state index is 12.5. The van der Waals surface area contributed by atoms with Gasteiger partial charge in [0.1, 0.15) is 0 Å². The molecule has 3 nitrogen and oxygen atoms in total. The van der Waals surface area contributed by atoms with Gasteiger partial charge in [0.05, 0.1) is 0 Å². The van der Waals surface area contributed by atoms with Gasteiger partial charge in [-0.1, -0.05) is 13.0 Å². The predicted octanol–water partition coefficient (Wildman–Crippen LogP) is 2.91. The quantitative estimate of drug-likeness (QED) is 0.784. The molecule has 1 aromatic rings. The van der Waals surface area contributed by atoms with Gasteiger partial charge in [0.25, 0.3) is 5.91 Å². The predicted molar refractivity (Wildman–Crippen MR) is 88.7 cm³/mol. The average molecular weight is 395 g/mol. The lowest BCUT2D eigenvalue weighted by atomic mass is 9.90. The van der Waals surface area contributed by atoms with E-state index in [9.17, 15) is 4.79 Å². The molecule has 0 aliphatic carbocycles. The van der Waals surface area contributed by atoms with Crippen LogP contribution < -0.4 is 5.73 Å². The van der Waals surface area contributed by atoms with Crippen molar-refractivity contribution < 1.29 is 4.79 Å². The Balaban J connectivity index is 0.00000180. The van der Waals surface area contributed by atoms with Crippen molar-refractivity contribution in [3.05, 3.63) is 33.4 Å². The van der Waals surface area contributed by atoms with Crippen molar-refractivity contribution in [3.63, 3.8) is 0 Å². The fourth-order valence-corrected chi connectivity index (χ4v) is 3.19. The zero-order valence-electron chi connectivity index (χ0n) is 11.0. The van der Waals surface area contributed by atoms with E-state index in [-0.39, 0.29) is 24.4 Å². The van der Waals surface area contributed by atoms with Crippen LogP contribution in [0.15, 0.2) is 24.3 Å². The second-order valence-electron chi connectivity index (χ2n) is 4.93. The van der Waals surface area contributed by atoms with Gasteiger partial charge in [-0.15, -0.1) is 12.4 Å². The minimum absolute atomic E-state index is 0. The van der Waals surface area contributed by atoms with Gasteiger partial charge in [-0.25, -0.2) is 0 Å². The number of carbonyl (C=O) groups excluding carboxylic acids is 1. The van der Waals surface area contributed by atoms with Gasteiger partial charge in [0, 0.05) is 28.3 Å². The minimum atomic E-state index is 0. The Morgan fingerprint density at radius 1 is 1.53 bits per heavy atom. The molecule has 1 amide bonds. The summed E-state index contributed by atoms with van der Waals surface area (Å²) in [4.78, 5) is 14.5. The Morgan fingerprint density at radius 3 is 2.89 bits per heavy atom. The normalized spacial score (nSPS) is 22.8. The van der Waals surface area contributed by atoms with Crippen LogP contribution in [0.1, 0.15) is 30.1 Å². The summed E-state index contributed by atoms with van der Waals surface area (Å²) in [5.74, 6) is 0.617. The first-order chi connectivity index (χ1) is 8.63. The lowest BCUT2D eigenvalue weighted by Gasteiger charge is -2.39. The highest BCUT2D eigenvalue weighted by Gasteiger charge is 2.31. The number of nitrogens with two attached hydrogens (primary N) is 1. The average Bonchev–Trinajstić information content (AvgIpc) is 2.37. The standard InChI is InChI=1S/C14H19IN2O.ClH/c1-10-4-3-7-17(13(10)9-16)14(18)11-5-2-6-12(15)8-11;/h2,5-6,8,10,13H,3-4,7,9,16H2,1H3;1H. The van der Waals surface area contributed by atoms with E-state index in [1.807, 2.05) is 29.2 Å². The lowest BCUT2D eigenvalue weighted by molar-refractivity contribution is 0.0532. The van der Waals surface area contributed by atoms with E-state index in [4.69, 9.17) is 5.73 Å². The van der Waals surface area contributed by atoms with E-state index in [1.54, 1.807) is 0 Å². The molecular weight excluding hydrogens is 375 g/mol. The van der Waals surface area contributed by atoms with Gasteiger partial charge >= 0.3 is 0 Å². The molecule has 2 N–H and O–H groups in total. The van der Waals surface area contributed by atoms with Crippen molar-refractivity contribution in [3.8, 4) is 0 Å². The summed E-state index contributed by atoms with van der Waals surface area (Å²) >= 11 is 2.23. The Labute approximate surface area is 134 Å². The van der Waals surface area contributed by atoms with Gasteiger partial charge < -0.3 is 10.6 Å². The summed E-state index contributed by atoms with van der Waals surface area (Å²) in [7, 11) is 0. The molecule has 0 spiro atoms. The number of nitrogens with zero attached hydrogens (tertiary/aromatic N) is 1. The number of rotatable bonds is 2. The number of piperidine rings is 1. The lowest BCUT2D eigenvalue weighted by Crippen LogP contribution is -2.51. The van der Waals surface area contributed by atoms with Gasteiger partial charge in [-0.3, -0.25) is 4.79 Å². The molecule has 2 unspecified atom stereocenters. The summed E-state index contributed by atoms with van der Waals surface area (Å²) in [5.41, 5.74) is 6.61. The molecular formula is C14H20ClIN2O. The fraction of sp³-hybridized carbons (Fsp3) is 0.500. The molecule has 1 aliphatic rings. The summed E-state index contributed by atoms with van der Waals surface area (Å²) < 4.78 is 1.09. The Morgan fingerprint density at radius 2 is 2.26 bits per heavy atom. The van der Waals surface area contributed by atoms with E-state index < -0.39 is 0 Å². The van der Waals surface area contributed by atoms with Crippen molar-refractivity contribution in [2.45, 2.75) is 25.8 Å². The number of hydrogen-bond donors (Lipinski definition) is 1. The molecule has 19 heavy (non-hydrogen) atoms. The van der Waals surface area contributed by atoms with Crippen molar-refractivity contribution >= 4 is 40.9 Å². The second kappa shape index (κ2) is 7.45. The van der Waals surface area contributed by atoms with E-state index in [0.29, 0.717) is 12.5 Å². The van der Waals surface area contributed by atoms with E-state index in [0.717, 1.165) is 28.5 Å². The number of halogens is 2. The van der Waals surface area contributed by atoms with Crippen molar-refractivity contribution in [2.24, 2.45) is 11.7 Å². The molecule has 1 aromatic carbocycles. The first-order valence-corrected chi connectivity index (χ1v) is 7.48.